The van der Waals surface area contributed by atoms with Gasteiger partial charge in [0.1, 0.15) is 39.2 Å². The Hall–Kier alpha value is -5.23. The average Bonchev–Trinajstić information content (AvgIpc) is 3.08. The average molecular weight is 563 g/mol. The Labute approximate surface area is 267 Å². The summed E-state index contributed by atoms with van der Waals surface area (Å²) < 4.78 is 0. The molecule has 198 valence electrons. The number of rotatable bonds is 4. The van der Waals surface area contributed by atoms with Crippen LogP contribution in [0.15, 0.2) is 91.0 Å². The van der Waals surface area contributed by atoms with Crippen molar-refractivity contribution in [2.24, 2.45) is 0 Å². The summed E-state index contributed by atoms with van der Waals surface area (Å²) in [6, 6.07) is 27.6. The Morgan fingerprint density at radius 2 is 1.04 bits per heavy atom. The molecular weight excluding hydrogens is 544 g/mol. The Bertz CT molecular complexity index is 2240. The van der Waals surface area contributed by atoms with Crippen LogP contribution in [-0.4, -0.2) is 65.6 Å². The fourth-order valence-corrected chi connectivity index (χ4v) is 5.59. The van der Waals surface area contributed by atoms with Gasteiger partial charge in [-0.1, -0.05) is 89.8 Å². The first-order chi connectivity index (χ1) is 21.7. The minimum atomic E-state index is 0.0950. The number of fused-ring (bicyclic) bond motifs is 3. The number of benzene rings is 5. The monoisotopic (exact) mass is 563 g/mol. The molecular formula is C35H18B5N5. The zero-order chi connectivity index (χ0) is 31.4. The minimum Gasteiger partial charge on any atom is -0.299 e. The van der Waals surface area contributed by atoms with E-state index in [1.54, 1.807) is 6.08 Å². The minimum absolute atomic E-state index is 0.0950. The second-order valence-electron chi connectivity index (χ2n) is 10.8. The summed E-state index contributed by atoms with van der Waals surface area (Å²) in [4.78, 5) is 14.5. The number of nitrogens with one attached hydrogen (secondary N) is 2. The van der Waals surface area contributed by atoms with Crippen LogP contribution in [0.2, 0.25) is 0 Å². The van der Waals surface area contributed by atoms with E-state index in [2.05, 4.69) is 0 Å². The fraction of sp³-hybridized carbons (Fsp3) is 0. The van der Waals surface area contributed by atoms with Crippen LogP contribution in [0.25, 0.3) is 62.1 Å². The van der Waals surface area contributed by atoms with Crippen molar-refractivity contribution in [1.82, 2.24) is 15.0 Å². The lowest BCUT2D eigenvalue weighted by Gasteiger charge is -2.21. The first-order valence-electron chi connectivity index (χ1n) is 14.1. The molecule has 10 heteroatoms. The summed E-state index contributed by atoms with van der Waals surface area (Å²) in [6.45, 7) is 0. The van der Waals surface area contributed by atoms with Crippen LogP contribution in [0.4, 0.5) is 0 Å². The molecule has 5 aromatic carbocycles. The van der Waals surface area contributed by atoms with Crippen molar-refractivity contribution in [2.75, 3.05) is 0 Å². The van der Waals surface area contributed by atoms with Gasteiger partial charge < -0.3 is 0 Å². The van der Waals surface area contributed by atoms with E-state index in [1.165, 1.54) is 0 Å². The van der Waals surface area contributed by atoms with Crippen molar-refractivity contribution in [1.29, 1.82) is 10.8 Å². The molecule has 0 fully saturated rings. The molecule has 0 spiro atoms. The third-order valence-electron chi connectivity index (χ3n) is 8.05. The molecule has 10 radical (unpaired) electrons. The molecule has 1 aromatic heterocycles. The van der Waals surface area contributed by atoms with Gasteiger partial charge in [0, 0.05) is 22.3 Å². The van der Waals surface area contributed by atoms with Crippen LogP contribution in [-0.2, 0) is 0 Å². The van der Waals surface area contributed by atoms with Crippen molar-refractivity contribution in [3.63, 3.8) is 0 Å². The molecule has 0 bridgehead atoms. The first kappa shape index (κ1) is 28.5. The third kappa shape index (κ3) is 4.87. The molecule has 5 nitrogen and oxygen atoms in total. The van der Waals surface area contributed by atoms with E-state index in [4.69, 9.17) is 65.0 Å². The van der Waals surface area contributed by atoms with Crippen molar-refractivity contribution < 1.29 is 0 Å². The normalized spacial score (nSPS) is 12.4. The number of aromatic nitrogens is 3. The Balaban J connectivity index is 1.48. The number of nitrogens with zero attached hydrogens (tertiary/aromatic N) is 3. The quantitative estimate of drug-likeness (QED) is 0.323. The largest absolute Gasteiger partial charge is 0.299 e. The lowest BCUT2D eigenvalue weighted by atomic mass is 9.60. The molecule has 0 saturated heterocycles. The summed E-state index contributed by atoms with van der Waals surface area (Å²) in [6.07, 6.45) is 3.48. The van der Waals surface area contributed by atoms with E-state index in [1.807, 2.05) is 91.0 Å². The lowest BCUT2D eigenvalue weighted by Crippen LogP contribution is -2.55. The van der Waals surface area contributed by atoms with Gasteiger partial charge in [0.15, 0.2) is 17.5 Å². The van der Waals surface area contributed by atoms with Crippen molar-refractivity contribution in [3.8, 4) is 45.3 Å². The zero-order valence-corrected chi connectivity index (χ0v) is 24.0. The molecule has 0 amide bonds. The zero-order valence-electron chi connectivity index (χ0n) is 24.0. The lowest BCUT2D eigenvalue weighted by molar-refractivity contribution is 1.08. The highest BCUT2D eigenvalue weighted by atomic mass is 15.0. The Morgan fingerprint density at radius 3 is 1.76 bits per heavy atom. The SMILES string of the molecule is [B]c1c([B])c([B])c(-c2nc(-c3cccc(-c4ccccc4)c3)nc(-c3ccc4ccc5c(c4c3)C(=N)C(=N)C=C5)n2)c([B])c1[B]. The molecule has 0 unspecified atom stereocenters. The molecule has 0 aliphatic heterocycles. The van der Waals surface area contributed by atoms with E-state index in [0.29, 0.717) is 22.8 Å². The molecule has 1 aliphatic carbocycles. The number of hydrogen-bond acceptors (Lipinski definition) is 5. The second kappa shape index (κ2) is 11.0. The van der Waals surface area contributed by atoms with E-state index >= 15 is 0 Å². The van der Waals surface area contributed by atoms with Gasteiger partial charge in [0.05, 0.1) is 11.4 Å². The highest BCUT2D eigenvalue weighted by Crippen LogP contribution is 2.32. The van der Waals surface area contributed by atoms with Gasteiger partial charge in [-0.15, -0.1) is 16.4 Å². The summed E-state index contributed by atoms with van der Waals surface area (Å²) in [5.74, 6) is 0.912. The van der Waals surface area contributed by atoms with E-state index in [-0.39, 0.29) is 50.1 Å². The van der Waals surface area contributed by atoms with Crippen molar-refractivity contribution in [2.45, 2.75) is 0 Å². The van der Waals surface area contributed by atoms with Crippen LogP contribution in [0.3, 0.4) is 0 Å². The van der Waals surface area contributed by atoms with Crippen molar-refractivity contribution in [3.05, 3.63) is 102 Å². The molecule has 45 heavy (non-hydrogen) atoms. The van der Waals surface area contributed by atoms with Gasteiger partial charge in [0.2, 0.25) is 0 Å². The maximum atomic E-state index is 8.64. The first-order valence-corrected chi connectivity index (χ1v) is 14.1. The van der Waals surface area contributed by atoms with Gasteiger partial charge >= 0.3 is 0 Å². The van der Waals surface area contributed by atoms with Crippen LogP contribution < -0.4 is 27.3 Å². The van der Waals surface area contributed by atoms with E-state index in [9.17, 15) is 0 Å². The van der Waals surface area contributed by atoms with E-state index in [0.717, 1.165) is 33.0 Å². The van der Waals surface area contributed by atoms with E-state index < -0.39 is 0 Å². The number of allylic oxidation sites excluding steroid dienone is 1. The van der Waals surface area contributed by atoms with Gasteiger partial charge in [-0.3, -0.25) is 10.8 Å². The summed E-state index contributed by atoms with van der Waals surface area (Å²) in [5, 5.41) is 18.6. The molecule has 0 atom stereocenters. The standard InChI is InChI=1S/C35H18B5N5/c36-27-26(28(37)30(39)31(40)29(27)38)35-44-33(21-8-4-7-20(15-21)17-5-2-1-3-6-17)43-34(45-35)22-12-10-18-9-11-19-13-14-24(41)32(42)25(19)23(18)16-22/h1-16,41-42H. The molecule has 0 saturated carbocycles. The maximum absolute atomic E-state index is 8.64. The van der Waals surface area contributed by atoms with Gasteiger partial charge in [-0.25, -0.2) is 15.0 Å². The van der Waals surface area contributed by atoms with Crippen LogP contribution >= 0.6 is 0 Å². The van der Waals surface area contributed by atoms with Gasteiger partial charge in [-0.05, 0) is 45.7 Å². The van der Waals surface area contributed by atoms with Crippen LogP contribution in [0, 0.1) is 10.8 Å². The third-order valence-corrected chi connectivity index (χ3v) is 8.05. The maximum Gasteiger partial charge on any atom is 0.164 e. The number of hydrogen-bond donors (Lipinski definition) is 2. The molecule has 1 heterocycles. The smallest absolute Gasteiger partial charge is 0.164 e. The Kier molecular flexibility index (Phi) is 7.01. The fourth-order valence-electron chi connectivity index (χ4n) is 5.59. The molecule has 1 aliphatic rings. The topological polar surface area (TPSA) is 86.4 Å². The van der Waals surface area contributed by atoms with Crippen LogP contribution in [0.1, 0.15) is 11.1 Å². The van der Waals surface area contributed by atoms with Crippen LogP contribution in [0.5, 0.6) is 0 Å². The Morgan fingerprint density at radius 1 is 0.467 bits per heavy atom. The van der Waals surface area contributed by atoms with Crippen molar-refractivity contribution >= 4 is 94.8 Å². The molecule has 7 rings (SSSR count). The molecule has 6 aromatic rings. The van der Waals surface area contributed by atoms with Gasteiger partial charge in [-0.2, -0.15) is 0 Å². The predicted octanol–water partition coefficient (Wildman–Crippen LogP) is 2.08. The summed E-state index contributed by atoms with van der Waals surface area (Å²) >= 11 is 0. The summed E-state index contributed by atoms with van der Waals surface area (Å²) in [5.41, 5.74) is 6.08. The predicted molar refractivity (Wildman–Crippen MR) is 190 cm³/mol. The molecule has 2 N–H and O–H groups in total. The second-order valence-corrected chi connectivity index (χ2v) is 10.8. The summed E-state index contributed by atoms with van der Waals surface area (Å²) in [7, 11) is 31.4. The highest BCUT2D eigenvalue weighted by Gasteiger charge is 2.21. The highest BCUT2D eigenvalue weighted by molar-refractivity contribution is 6.68. The van der Waals surface area contributed by atoms with Gasteiger partial charge in [0.25, 0.3) is 0 Å².